The number of benzene rings is 4. The van der Waals surface area contributed by atoms with E-state index >= 15 is 0 Å². The van der Waals surface area contributed by atoms with Crippen LogP contribution in [0.15, 0.2) is 95.0 Å². The molecule has 4 aromatic rings. The zero-order chi connectivity index (χ0) is 31.3. The van der Waals surface area contributed by atoms with Crippen molar-refractivity contribution in [3.8, 4) is 34.8 Å². The van der Waals surface area contributed by atoms with Crippen molar-refractivity contribution < 1.29 is 28.5 Å². The van der Waals surface area contributed by atoms with E-state index in [4.69, 9.17) is 23.7 Å². The number of carbonyl (C=O) groups excluding carboxylic acids is 1. The van der Waals surface area contributed by atoms with Gasteiger partial charge in [0.1, 0.15) is 30.6 Å². The number of rotatable bonds is 14. The summed E-state index contributed by atoms with van der Waals surface area (Å²) < 4.78 is 29.7. The summed E-state index contributed by atoms with van der Waals surface area (Å²) in [5.41, 5.74) is 3.00. The quantitative estimate of drug-likeness (QED) is 0.109. The monoisotopic (exact) mass is 656 g/mol. The van der Waals surface area contributed by atoms with Gasteiger partial charge in [-0.3, -0.25) is 4.79 Å². The van der Waals surface area contributed by atoms with Gasteiger partial charge >= 0.3 is 0 Å². The van der Waals surface area contributed by atoms with Gasteiger partial charge in [-0.2, -0.15) is 5.26 Å². The van der Waals surface area contributed by atoms with Crippen molar-refractivity contribution in [3.05, 3.63) is 112 Å². The molecule has 8 nitrogen and oxygen atoms in total. The van der Waals surface area contributed by atoms with Crippen molar-refractivity contribution in [1.29, 1.82) is 5.26 Å². The fourth-order valence-electron chi connectivity index (χ4n) is 4.18. The van der Waals surface area contributed by atoms with Gasteiger partial charge in [-0.05, 0) is 101 Å². The standard InChI is InChI=1S/C35H33BrN2O6/c1-4-41-32-19-25(11-16-31(32)43-22-24-9-7-6-8-10-24)23-44-34-30(36)18-26(20-33(34)42-5-2)17-27(21-37)35(39)38-28-12-14-29(40-3)15-13-28/h6-20H,4-5,22-23H2,1-3H3,(H,38,39)/b27-17-. The largest absolute Gasteiger partial charge is 0.497 e. The molecule has 4 rings (SSSR count). The molecule has 0 aliphatic carbocycles. The minimum Gasteiger partial charge on any atom is -0.497 e. The second kappa shape index (κ2) is 16.1. The molecule has 0 atom stereocenters. The van der Waals surface area contributed by atoms with E-state index in [1.54, 1.807) is 43.5 Å². The fourth-order valence-corrected chi connectivity index (χ4v) is 4.76. The highest BCUT2D eigenvalue weighted by atomic mass is 79.9. The number of amides is 1. The normalized spacial score (nSPS) is 10.8. The molecule has 0 bridgehead atoms. The van der Waals surface area contributed by atoms with E-state index in [1.165, 1.54) is 6.08 Å². The Morgan fingerprint density at radius 3 is 2.20 bits per heavy atom. The average molecular weight is 658 g/mol. The molecule has 0 heterocycles. The van der Waals surface area contributed by atoms with Gasteiger partial charge in [-0.1, -0.05) is 36.4 Å². The summed E-state index contributed by atoms with van der Waals surface area (Å²) in [4.78, 5) is 12.8. The molecular weight excluding hydrogens is 624 g/mol. The first-order chi connectivity index (χ1) is 21.4. The molecule has 0 fully saturated rings. The molecule has 4 aromatic carbocycles. The second-order valence-corrected chi connectivity index (χ2v) is 10.2. The summed E-state index contributed by atoms with van der Waals surface area (Å²) in [5.74, 6) is 2.37. The smallest absolute Gasteiger partial charge is 0.266 e. The average Bonchev–Trinajstić information content (AvgIpc) is 3.04. The van der Waals surface area contributed by atoms with Crippen molar-refractivity contribution in [3.63, 3.8) is 0 Å². The van der Waals surface area contributed by atoms with Gasteiger partial charge in [0.05, 0.1) is 24.8 Å². The van der Waals surface area contributed by atoms with Gasteiger partial charge < -0.3 is 29.0 Å². The van der Waals surface area contributed by atoms with Crippen LogP contribution < -0.4 is 29.0 Å². The Kier molecular flexibility index (Phi) is 11.7. The van der Waals surface area contributed by atoms with Crippen LogP contribution in [0.3, 0.4) is 0 Å². The summed E-state index contributed by atoms with van der Waals surface area (Å²) in [6, 6.07) is 28.0. The molecule has 0 aliphatic heterocycles. The van der Waals surface area contributed by atoms with Gasteiger partial charge in [0.2, 0.25) is 0 Å². The maximum absolute atomic E-state index is 12.8. The third-order valence-electron chi connectivity index (χ3n) is 6.28. The number of hydrogen-bond donors (Lipinski definition) is 1. The highest BCUT2D eigenvalue weighted by Crippen LogP contribution is 2.39. The van der Waals surface area contributed by atoms with E-state index < -0.39 is 5.91 Å². The lowest BCUT2D eigenvalue weighted by atomic mass is 10.1. The molecule has 1 amide bonds. The van der Waals surface area contributed by atoms with E-state index in [0.29, 0.717) is 64.3 Å². The number of carbonyl (C=O) groups is 1. The minimum absolute atomic E-state index is 0.0677. The highest BCUT2D eigenvalue weighted by molar-refractivity contribution is 9.10. The van der Waals surface area contributed by atoms with Crippen LogP contribution in [0.1, 0.15) is 30.5 Å². The number of nitrogens with one attached hydrogen (secondary N) is 1. The predicted octanol–water partition coefficient (Wildman–Crippen LogP) is 7.96. The van der Waals surface area contributed by atoms with Gasteiger partial charge in [-0.25, -0.2) is 0 Å². The van der Waals surface area contributed by atoms with Crippen LogP contribution in [-0.2, 0) is 18.0 Å². The van der Waals surface area contributed by atoms with Crippen LogP contribution in [0.4, 0.5) is 5.69 Å². The molecule has 0 radical (unpaired) electrons. The van der Waals surface area contributed by atoms with Crippen molar-refractivity contribution in [1.82, 2.24) is 0 Å². The van der Waals surface area contributed by atoms with Gasteiger partial charge in [0.15, 0.2) is 23.0 Å². The van der Waals surface area contributed by atoms with Crippen LogP contribution in [0, 0.1) is 11.3 Å². The number of nitriles is 1. The summed E-state index contributed by atoms with van der Waals surface area (Å²) >= 11 is 3.58. The Morgan fingerprint density at radius 1 is 0.818 bits per heavy atom. The molecule has 0 spiro atoms. The van der Waals surface area contributed by atoms with Crippen LogP contribution in [0.25, 0.3) is 6.08 Å². The maximum atomic E-state index is 12.8. The van der Waals surface area contributed by atoms with Crippen LogP contribution >= 0.6 is 15.9 Å². The van der Waals surface area contributed by atoms with E-state index in [2.05, 4.69) is 21.2 Å². The lowest BCUT2D eigenvalue weighted by Crippen LogP contribution is -2.13. The lowest BCUT2D eigenvalue weighted by molar-refractivity contribution is -0.112. The SMILES string of the molecule is CCOc1cc(COc2c(Br)cc(/C=C(/C#N)C(=O)Nc3ccc(OC)cc3)cc2OCC)ccc1OCc1ccccc1. The Labute approximate surface area is 265 Å². The van der Waals surface area contributed by atoms with Crippen molar-refractivity contribution in [2.24, 2.45) is 0 Å². The Morgan fingerprint density at radius 2 is 1.52 bits per heavy atom. The van der Waals surface area contributed by atoms with Crippen LogP contribution in [-0.4, -0.2) is 26.2 Å². The first-order valence-electron chi connectivity index (χ1n) is 14.0. The molecule has 0 aromatic heterocycles. The molecule has 0 saturated carbocycles. The highest BCUT2D eigenvalue weighted by Gasteiger charge is 2.16. The molecule has 0 saturated heterocycles. The molecule has 44 heavy (non-hydrogen) atoms. The second-order valence-electron chi connectivity index (χ2n) is 9.39. The summed E-state index contributed by atoms with van der Waals surface area (Å²) in [6.07, 6.45) is 1.50. The number of hydrogen-bond acceptors (Lipinski definition) is 7. The van der Waals surface area contributed by atoms with Gasteiger partial charge in [-0.15, -0.1) is 0 Å². The minimum atomic E-state index is -0.534. The van der Waals surface area contributed by atoms with Crippen molar-refractivity contribution >= 4 is 33.6 Å². The molecule has 0 aliphatic rings. The predicted molar refractivity (Wildman–Crippen MR) is 173 cm³/mol. The topological polar surface area (TPSA) is 99.0 Å². The Balaban J connectivity index is 1.49. The van der Waals surface area contributed by atoms with E-state index in [-0.39, 0.29) is 12.2 Å². The lowest BCUT2D eigenvalue weighted by Gasteiger charge is -2.16. The van der Waals surface area contributed by atoms with Crippen LogP contribution in [0.5, 0.6) is 28.7 Å². The molecule has 0 unspecified atom stereocenters. The Bertz CT molecular complexity index is 1630. The third kappa shape index (κ3) is 8.79. The van der Waals surface area contributed by atoms with Crippen molar-refractivity contribution in [2.75, 3.05) is 25.6 Å². The number of ether oxygens (including phenoxy) is 5. The number of methoxy groups -OCH3 is 1. The molecule has 1 N–H and O–H groups in total. The summed E-state index contributed by atoms with van der Waals surface area (Å²) in [6.45, 7) is 5.34. The zero-order valence-electron chi connectivity index (χ0n) is 24.8. The fraction of sp³-hybridized carbons (Fsp3) is 0.200. The summed E-state index contributed by atoms with van der Waals surface area (Å²) in [7, 11) is 1.56. The first kappa shape index (κ1) is 32.0. The van der Waals surface area contributed by atoms with E-state index in [9.17, 15) is 10.1 Å². The van der Waals surface area contributed by atoms with E-state index in [0.717, 1.165) is 11.1 Å². The van der Waals surface area contributed by atoms with Gasteiger partial charge in [0, 0.05) is 5.69 Å². The zero-order valence-corrected chi connectivity index (χ0v) is 26.3. The first-order valence-corrected chi connectivity index (χ1v) is 14.8. The number of anilines is 1. The van der Waals surface area contributed by atoms with Crippen molar-refractivity contribution in [2.45, 2.75) is 27.1 Å². The molecule has 226 valence electrons. The maximum Gasteiger partial charge on any atom is 0.266 e. The van der Waals surface area contributed by atoms with Gasteiger partial charge in [0.25, 0.3) is 5.91 Å². The van der Waals surface area contributed by atoms with Crippen LogP contribution in [0.2, 0.25) is 0 Å². The van der Waals surface area contributed by atoms with E-state index in [1.807, 2.05) is 68.4 Å². The number of nitrogens with zero attached hydrogens (tertiary/aromatic N) is 1. The number of halogens is 1. The third-order valence-corrected chi connectivity index (χ3v) is 6.87. The molecule has 9 heteroatoms. The Hall–Kier alpha value is -4.94. The summed E-state index contributed by atoms with van der Waals surface area (Å²) in [5, 5.41) is 12.4. The molecular formula is C35H33BrN2O6.